The second kappa shape index (κ2) is 2.87. The van der Waals surface area contributed by atoms with E-state index in [1.165, 1.54) is 6.42 Å². The molecule has 1 unspecified atom stereocenters. The molecular formula is C11H26S. The first-order valence-electron chi connectivity index (χ1n) is 4.70. The Labute approximate surface area is 78.6 Å². The van der Waals surface area contributed by atoms with Crippen LogP contribution in [-0.4, -0.2) is 29.4 Å². The molecule has 0 aromatic heterocycles. The smallest absolute Gasteiger partial charge is 0.00678 e. The molecule has 0 aromatic carbocycles. The van der Waals surface area contributed by atoms with Crippen LogP contribution in [0.2, 0.25) is 0 Å². The van der Waals surface area contributed by atoms with E-state index in [4.69, 9.17) is 0 Å². The third kappa shape index (κ3) is 2.12. The van der Waals surface area contributed by atoms with Gasteiger partial charge in [-0.15, -0.1) is 0 Å². The molecule has 76 valence electrons. The predicted octanol–water partition coefficient (Wildman–Crippen LogP) is 3.47. The maximum absolute atomic E-state index is 4.45. The summed E-state index contributed by atoms with van der Waals surface area (Å²) in [4.78, 5) is 0. The lowest BCUT2D eigenvalue weighted by molar-refractivity contribution is 0.442. The van der Waals surface area contributed by atoms with E-state index in [9.17, 15) is 0 Å². The van der Waals surface area contributed by atoms with Gasteiger partial charge < -0.3 is 0 Å². The van der Waals surface area contributed by atoms with Gasteiger partial charge in [0.05, 0.1) is 0 Å². The number of rotatable bonds is 3. The van der Waals surface area contributed by atoms with E-state index in [1.54, 1.807) is 0 Å². The van der Waals surface area contributed by atoms with E-state index in [-0.39, 0.29) is 0 Å². The Hall–Kier alpha value is 0.220. The normalized spacial score (nSPS) is 19.8. The van der Waals surface area contributed by atoms with Gasteiger partial charge in [0, 0.05) is 0 Å². The molecule has 0 saturated heterocycles. The highest BCUT2D eigenvalue weighted by atomic mass is 32.3. The third-order valence-corrected chi connectivity index (χ3v) is 8.05. The van der Waals surface area contributed by atoms with Crippen LogP contribution >= 0.6 is 8.75 Å². The zero-order chi connectivity index (χ0) is 10.2. The van der Waals surface area contributed by atoms with E-state index >= 15 is 0 Å². The van der Waals surface area contributed by atoms with Crippen LogP contribution in [0.25, 0.3) is 0 Å². The summed E-state index contributed by atoms with van der Waals surface area (Å²) in [7, 11) is -1.44. The van der Waals surface area contributed by atoms with E-state index < -0.39 is 8.75 Å². The first kappa shape index (κ1) is 12.2. The van der Waals surface area contributed by atoms with Gasteiger partial charge in [-0.1, -0.05) is 40.0 Å². The molecule has 0 aliphatic carbocycles. The Kier molecular flexibility index (Phi) is 2.92. The summed E-state index contributed by atoms with van der Waals surface area (Å²) in [6, 6.07) is 0. The molecule has 0 nitrogen and oxygen atoms in total. The molecule has 0 aromatic rings. The van der Waals surface area contributed by atoms with Gasteiger partial charge in [-0.05, 0) is 29.4 Å². The van der Waals surface area contributed by atoms with Gasteiger partial charge in [-0.25, -0.2) is 0 Å². The molecule has 0 N–H and O–H groups in total. The average Bonchev–Trinajstić information content (AvgIpc) is 1.81. The Morgan fingerprint density at radius 2 is 1.58 bits per heavy atom. The van der Waals surface area contributed by atoms with Crippen molar-refractivity contribution in [1.29, 1.82) is 0 Å². The van der Waals surface area contributed by atoms with Gasteiger partial charge in [0.2, 0.25) is 0 Å². The van der Waals surface area contributed by atoms with Gasteiger partial charge in [0.1, 0.15) is 0 Å². The van der Waals surface area contributed by atoms with E-state index in [0.717, 1.165) is 5.92 Å². The molecule has 0 fully saturated rings. The van der Waals surface area contributed by atoms with Crippen molar-refractivity contribution in [2.24, 2.45) is 5.92 Å². The molecule has 0 bridgehead atoms. The lowest BCUT2D eigenvalue weighted by Gasteiger charge is -2.54. The molecule has 0 heterocycles. The van der Waals surface area contributed by atoms with Crippen molar-refractivity contribution in [3.8, 4) is 0 Å². The Bertz CT molecular complexity index is 206. The monoisotopic (exact) mass is 190 g/mol. The Morgan fingerprint density at radius 1 is 1.25 bits per heavy atom. The van der Waals surface area contributed by atoms with Crippen molar-refractivity contribution in [3.05, 3.63) is 0 Å². The van der Waals surface area contributed by atoms with Crippen molar-refractivity contribution in [1.82, 2.24) is 0 Å². The molecule has 0 spiro atoms. The highest BCUT2D eigenvalue weighted by Crippen LogP contribution is 2.61. The van der Waals surface area contributed by atoms with Crippen LogP contribution in [0, 0.1) is 5.92 Å². The standard InChI is InChI=1S/C11H26S/c1-9-10(2)11(3,4)12(5,6,7)8/h10H,5,9H2,1-4,6-8H3. The van der Waals surface area contributed by atoms with E-state index in [0.29, 0.717) is 4.75 Å². The summed E-state index contributed by atoms with van der Waals surface area (Å²) in [5.41, 5.74) is 0. The minimum atomic E-state index is -1.44. The summed E-state index contributed by atoms with van der Waals surface area (Å²) in [6.07, 6.45) is 8.31. The van der Waals surface area contributed by atoms with Crippen molar-refractivity contribution >= 4 is 14.6 Å². The predicted molar refractivity (Wildman–Crippen MR) is 66.0 cm³/mol. The zero-order valence-corrected chi connectivity index (χ0v) is 10.7. The largest absolute Gasteiger partial charge is 0.253 e. The Morgan fingerprint density at radius 3 is 1.67 bits per heavy atom. The molecule has 0 radical (unpaired) electrons. The Balaban J connectivity index is 5.00. The van der Waals surface area contributed by atoms with Gasteiger partial charge in [0.25, 0.3) is 0 Å². The van der Waals surface area contributed by atoms with Gasteiger partial charge >= 0.3 is 0 Å². The van der Waals surface area contributed by atoms with Gasteiger partial charge in [0.15, 0.2) is 0 Å². The molecule has 1 heteroatoms. The molecule has 12 heavy (non-hydrogen) atoms. The van der Waals surface area contributed by atoms with Gasteiger partial charge in [-0.2, -0.15) is 0 Å². The van der Waals surface area contributed by atoms with Gasteiger partial charge in [-0.3, -0.25) is 8.75 Å². The lowest BCUT2D eigenvalue weighted by Crippen LogP contribution is -2.37. The fourth-order valence-electron chi connectivity index (χ4n) is 1.24. The molecule has 0 rings (SSSR count). The van der Waals surface area contributed by atoms with Crippen LogP contribution in [0.3, 0.4) is 0 Å². The third-order valence-electron chi connectivity index (χ3n) is 3.75. The molecular weight excluding hydrogens is 164 g/mol. The number of hydrogen-bond acceptors (Lipinski definition) is 0. The van der Waals surface area contributed by atoms with Crippen molar-refractivity contribution in [3.63, 3.8) is 0 Å². The van der Waals surface area contributed by atoms with E-state index in [2.05, 4.69) is 52.3 Å². The maximum atomic E-state index is 4.45. The van der Waals surface area contributed by atoms with Crippen molar-refractivity contribution in [2.75, 3.05) is 18.8 Å². The molecule has 0 aliphatic heterocycles. The fourth-order valence-corrected chi connectivity index (χ4v) is 2.90. The van der Waals surface area contributed by atoms with Crippen LogP contribution in [0.4, 0.5) is 0 Å². The quantitative estimate of drug-likeness (QED) is 0.598. The summed E-state index contributed by atoms with van der Waals surface area (Å²) < 4.78 is 0.381. The minimum absolute atomic E-state index is 0.381. The fraction of sp³-hybridized carbons (Fsp3) is 0.909. The highest BCUT2D eigenvalue weighted by molar-refractivity contribution is 8.46. The summed E-state index contributed by atoms with van der Waals surface area (Å²) in [5, 5.41) is 0. The van der Waals surface area contributed by atoms with Crippen LogP contribution in [0.5, 0.6) is 0 Å². The molecule has 0 amide bonds. The SMILES string of the molecule is C=S(C)(C)(C)C(C)(C)C(C)CC. The maximum Gasteiger partial charge on any atom is -0.00678 e. The molecule has 0 aliphatic rings. The minimum Gasteiger partial charge on any atom is -0.253 e. The molecule has 0 saturated carbocycles. The second-order valence-electron chi connectivity index (χ2n) is 5.76. The number of hydrogen-bond donors (Lipinski definition) is 0. The summed E-state index contributed by atoms with van der Waals surface area (Å²) in [5.74, 6) is 5.21. The zero-order valence-electron chi connectivity index (χ0n) is 9.90. The van der Waals surface area contributed by atoms with Crippen LogP contribution in [0.1, 0.15) is 34.1 Å². The first-order valence-corrected chi connectivity index (χ1v) is 8.13. The van der Waals surface area contributed by atoms with Crippen LogP contribution < -0.4 is 0 Å². The van der Waals surface area contributed by atoms with Crippen LogP contribution in [-0.2, 0) is 0 Å². The summed E-state index contributed by atoms with van der Waals surface area (Å²) in [6.45, 7) is 9.36. The molecule has 1 atom stereocenters. The highest BCUT2D eigenvalue weighted by Gasteiger charge is 2.37. The first-order chi connectivity index (χ1) is 4.99. The topological polar surface area (TPSA) is 0 Å². The summed E-state index contributed by atoms with van der Waals surface area (Å²) >= 11 is 0. The average molecular weight is 190 g/mol. The van der Waals surface area contributed by atoms with Crippen LogP contribution in [0.15, 0.2) is 0 Å². The lowest BCUT2D eigenvalue weighted by atomic mass is 9.94. The second-order valence-corrected chi connectivity index (χ2v) is 12.5. The van der Waals surface area contributed by atoms with Crippen molar-refractivity contribution in [2.45, 2.75) is 38.9 Å². The van der Waals surface area contributed by atoms with Crippen molar-refractivity contribution < 1.29 is 0 Å². The van der Waals surface area contributed by atoms with E-state index in [1.807, 2.05) is 0 Å².